The molecule has 1 N–H and O–H groups in total. The number of hydrogen-bond donors (Lipinski definition) is 1. The Morgan fingerprint density at radius 1 is 1.20 bits per heavy atom. The first-order chi connectivity index (χ1) is 12.1. The van der Waals surface area contributed by atoms with Gasteiger partial charge < -0.3 is 15.0 Å². The van der Waals surface area contributed by atoms with Gasteiger partial charge in [-0.15, -0.1) is 0 Å². The lowest BCUT2D eigenvalue weighted by Crippen LogP contribution is -2.37. The first kappa shape index (κ1) is 17.6. The third kappa shape index (κ3) is 4.07. The van der Waals surface area contributed by atoms with Gasteiger partial charge >= 0.3 is 0 Å². The molecule has 1 heterocycles. The van der Waals surface area contributed by atoms with Crippen LogP contribution in [0.1, 0.15) is 36.5 Å². The van der Waals surface area contributed by atoms with Crippen molar-refractivity contribution in [2.24, 2.45) is 0 Å². The fourth-order valence-electron chi connectivity index (χ4n) is 3.23. The Kier molecular flexibility index (Phi) is 5.49. The number of hydrogen-bond acceptors (Lipinski definition) is 3. The molecule has 1 fully saturated rings. The Morgan fingerprint density at radius 3 is 2.60 bits per heavy atom. The molecule has 2 aromatic carbocycles. The molecule has 0 unspecified atom stereocenters. The molecule has 1 aliphatic heterocycles. The molecule has 1 saturated heterocycles. The number of amides is 1. The second-order valence-corrected chi connectivity index (χ2v) is 6.80. The van der Waals surface area contributed by atoms with Crippen LogP contribution in [-0.4, -0.2) is 25.6 Å². The Bertz CT molecular complexity index is 746. The van der Waals surface area contributed by atoms with Gasteiger partial charge in [-0.3, -0.25) is 4.79 Å². The summed E-state index contributed by atoms with van der Waals surface area (Å²) in [5.74, 6) is 0.363. The number of anilines is 2. The van der Waals surface area contributed by atoms with Gasteiger partial charge in [0.15, 0.2) is 0 Å². The number of piperidine rings is 1. The molecular weight excluding hydrogens is 336 g/mol. The lowest BCUT2D eigenvalue weighted by atomic mass is 10.0. The van der Waals surface area contributed by atoms with Crippen LogP contribution < -0.4 is 15.0 Å². The number of halogens is 1. The SMILES string of the molecule is COc1ccc(C(=O)Nc2ccc(N3CCCC[C@@H]3C)cc2)cc1Cl. The normalized spacial score (nSPS) is 17.2. The number of carbonyl (C=O) groups is 1. The highest BCUT2D eigenvalue weighted by Crippen LogP contribution is 2.27. The molecule has 1 aliphatic rings. The van der Waals surface area contributed by atoms with E-state index in [1.54, 1.807) is 25.3 Å². The van der Waals surface area contributed by atoms with Crippen molar-refractivity contribution in [3.8, 4) is 5.75 Å². The molecule has 3 rings (SSSR count). The zero-order chi connectivity index (χ0) is 17.8. The van der Waals surface area contributed by atoms with E-state index in [1.165, 1.54) is 24.9 Å². The zero-order valence-electron chi connectivity index (χ0n) is 14.6. The molecule has 132 valence electrons. The predicted molar refractivity (Wildman–Crippen MR) is 103 cm³/mol. The van der Waals surface area contributed by atoms with E-state index in [0.29, 0.717) is 22.4 Å². The Hall–Kier alpha value is -2.20. The van der Waals surface area contributed by atoms with Crippen LogP contribution in [0.25, 0.3) is 0 Å². The fraction of sp³-hybridized carbons (Fsp3) is 0.350. The van der Waals surface area contributed by atoms with Gasteiger partial charge in [-0.2, -0.15) is 0 Å². The molecule has 1 amide bonds. The van der Waals surface area contributed by atoms with E-state index in [9.17, 15) is 4.79 Å². The molecule has 0 spiro atoms. The second-order valence-electron chi connectivity index (χ2n) is 6.39. The summed E-state index contributed by atoms with van der Waals surface area (Å²) >= 11 is 6.09. The van der Waals surface area contributed by atoms with Crippen molar-refractivity contribution < 1.29 is 9.53 Å². The number of rotatable bonds is 4. The third-order valence-corrected chi connectivity index (χ3v) is 4.97. The first-order valence-electron chi connectivity index (χ1n) is 8.60. The standard InChI is InChI=1S/C20H23ClN2O2/c1-14-5-3-4-12-23(14)17-9-7-16(8-10-17)22-20(24)15-6-11-19(25-2)18(21)13-15/h6-11,13-14H,3-5,12H2,1-2H3,(H,22,24)/t14-/m0/s1. The number of benzene rings is 2. The molecule has 0 aromatic heterocycles. The van der Waals surface area contributed by atoms with E-state index >= 15 is 0 Å². The zero-order valence-corrected chi connectivity index (χ0v) is 15.3. The highest BCUT2D eigenvalue weighted by Gasteiger charge is 2.18. The predicted octanol–water partition coefficient (Wildman–Crippen LogP) is 4.98. The van der Waals surface area contributed by atoms with Crippen LogP contribution in [-0.2, 0) is 0 Å². The summed E-state index contributed by atoms with van der Waals surface area (Å²) in [5.41, 5.74) is 2.47. The van der Waals surface area contributed by atoms with E-state index in [4.69, 9.17) is 16.3 Å². The summed E-state index contributed by atoms with van der Waals surface area (Å²) in [5, 5.41) is 3.33. The van der Waals surface area contributed by atoms with Gasteiger partial charge in [0.25, 0.3) is 5.91 Å². The highest BCUT2D eigenvalue weighted by molar-refractivity contribution is 6.32. The largest absolute Gasteiger partial charge is 0.495 e. The van der Waals surface area contributed by atoms with Crippen LogP contribution in [0.2, 0.25) is 5.02 Å². The fourth-order valence-corrected chi connectivity index (χ4v) is 3.49. The molecule has 2 aromatic rings. The summed E-state index contributed by atoms with van der Waals surface area (Å²) < 4.78 is 5.11. The van der Waals surface area contributed by atoms with Crippen molar-refractivity contribution >= 4 is 28.9 Å². The van der Waals surface area contributed by atoms with E-state index in [1.807, 2.05) is 12.1 Å². The highest BCUT2D eigenvalue weighted by atomic mass is 35.5. The Labute approximate surface area is 153 Å². The topological polar surface area (TPSA) is 41.6 Å². The van der Waals surface area contributed by atoms with Crippen LogP contribution in [0.5, 0.6) is 5.75 Å². The molecular formula is C20H23ClN2O2. The minimum atomic E-state index is -0.191. The Balaban J connectivity index is 1.68. The Morgan fingerprint density at radius 2 is 1.96 bits per heavy atom. The molecule has 25 heavy (non-hydrogen) atoms. The first-order valence-corrected chi connectivity index (χ1v) is 8.98. The smallest absolute Gasteiger partial charge is 0.255 e. The van der Waals surface area contributed by atoms with Crippen molar-refractivity contribution in [2.45, 2.75) is 32.2 Å². The summed E-state index contributed by atoms with van der Waals surface area (Å²) in [6, 6.07) is 13.6. The summed E-state index contributed by atoms with van der Waals surface area (Å²) in [4.78, 5) is 14.8. The van der Waals surface area contributed by atoms with Gasteiger partial charge in [-0.25, -0.2) is 0 Å². The average Bonchev–Trinajstić information content (AvgIpc) is 2.63. The third-order valence-electron chi connectivity index (χ3n) is 4.67. The van der Waals surface area contributed by atoms with Crippen molar-refractivity contribution in [1.29, 1.82) is 0 Å². The van der Waals surface area contributed by atoms with Crippen molar-refractivity contribution in [3.05, 3.63) is 53.1 Å². The van der Waals surface area contributed by atoms with Crippen LogP contribution in [0, 0.1) is 0 Å². The van der Waals surface area contributed by atoms with E-state index in [-0.39, 0.29) is 5.91 Å². The number of methoxy groups -OCH3 is 1. The minimum Gasteiger partial charge on any atom is -0.495 e. The van der Waals surface area contributed by atoms with Gasteiger partial charge in [0.2, 0.25) is 0 Å². The van der Waals surface area contributed by atoms with Crippen LogP contribution in [0.15, 0.2) is 42.5 Å². The number of ether oxygens (including phenoxy) is 1. The molecule has 5 heteroatoms. The molecule has 0 saturated carbocycles. The molecule has 4 nitrogen and oxygen atoms in total. The molecule has 0 bridgehead atoms. The quantitative estimate of drug-likeness (QED) is 0.838. The van der Waals surface area contributed by atoms with Gasteiger partial charge in [-0.05, 0) is 68.7 Å². The van der Waals surface area contributed by atoms with Crippen LogP contribution in [0.4, 0.5) is 11.4 Å². The van der Waals surface area contributed by atoms with Gasteiger partial charge in [-0.1, -0.05) is 11.6 Å². The second kappa shape index (κ2) is 7.79. The summed E-state index contributed by atoms with van der Waals surface area (Å²) in [6.45, 7) is 3.36. The van der Waals surface area contributed by atoms with E-state index in [0.717, 1.165) is 12.2 Å². The maximum atomic E-state index is 12.4. The number of nitrogens with zero attached hydrogens (tertiary/aromatic N) is 1. The maximum absolute atomic E-state index is 12.4. The average molecular weight is 359 g/mol. The molecule has 0 radical (unpaired) electrons. The van der Waals surface area contributed by atoms with E-state index in [2.05, 4.69) is 29.3 Å². The van der Waals surface area contributed by atoms with Crippen molar-refractivity contribution in [3.63, 3.8) is 0 Å². The molecule has 1 atom stereocenters. The summed E-state index contributed by atoms with van der Waals surface area (Å²) in [7, 11) is 1.55. The van der Waals surface area contributed by atoms with Crippen LogP contribution in [0.3, 0.4) is 0 Å². The van der Waals surface area contributed by atoms with Crippen molar-refractivity contribution in [2.75, 3.05) is 23.9 Å². The summed E-state index contributed by atoms with van der Waals surface area (Å²) in [6.07, 6.45) is 3.77. The monoisotopic (exact) mass is 358 g/mol. The van der Waals surface area contributed by atoms with Crippen LogP contribution >= 0.6 is 11.6 Å². The van der Waals surface area contributed by atoms with E-state index < -0.39 is 0 Å². The number of carbonyl (C=O) groups excluding carboxylic acids is 1. The lowest BCUT2D eigenvalue weighted by Gasteiger charge is -2.35. The number of nitrogens with one attached hydrogen (secondary N) is 1. The molecule has 0 aliphatic carbocycles. The van der Waals surface area contributed by atoms with Gasteiger partial charge in [0.05, 0.1) is 12.1 Å². The lowest BCUT2D eigenvalue weighted by molar-refractivity contribution is 0.102. The van der Waals surface area contributed by atoms with Gasteiger partial charge in [0.1, 0.15) is 5.75 Å². The minimum absolute atomic E-state index is 0.191. The van der Waals surface area contributed by atoms with Crippen molar-refractivity contribution in [1.82, 2.24) is 0 Å². The van der Waals surface area contributed by atoms with Gasteiger partial charge in [0, 0.05) is 29.5 Å². The maximum Gasteiger partial charge on any atom is 0.255 e.